The normalized spacial score (nSPS) is 16.6. The zero-order valence-electron chi connectivity index (χ0n) is 14.5. The van der Waals surface area contributed by atoms with Crippen LogP contribution >= 0.6 is 12.4 Å². The van der Waals surface area contributed by atoms with E-state index in [0.29, 0.717) is 31.1 Å². The zero-order chi connectivity index (χ0) is 17.7. The third kappa shape index (κ3) is 5.31. The summed E-state index contributed by atoms with van der Waals surface area (Å²) in [7, 11) is -3.67. The summed E-state index contributed by atoms with van der Waals surface area (Å²) in [5, 5.41) is 2.62. The summed E-state index contributed by atoms with van der Waals surface area (Å²) in [5.74, 6) is -0.0812. The fraction of sp³-hybridized carbons (Fsp3) is 0.562. The summed E-state index contributed by atoms with van der Waals surface area (Å²) in [4.78, 5) is 11.8. The number of rotatable bonds is 6. The fourth-order valence-corrected chi connectivity index (χ4v) is 4.24. The standard InChI is InChI=1S/C16H25N3O4S.ClH/c1-3-23-14-8-7-13(18-16(20)12(2)17)11-15(14)24(21,22)19-9-5-4-6-10-19;/h7-8,11-12H,3-6,9-10,17H2,1-2H3,(H,18,20);1H/t12-;/m0./s1. The molecule has 1 saturated heterocycles. The molecule has 142 valence electrons. The summed E-state index contributed by atoms with van der Waals surface area (Å²) in [5.41, 5.74) is 5.92. The van der Waals surface area contributed by atoms with Crippen LogP contribution in [0.3, 0.4) is 0 Å². The second-order valence-corrected chi connectivity index (χ2v) is 7.74. The van der Waals surface area contributed by atoms with Gasteiger partial charge in [-0.1, -0.05) is 6.42 Å². The summed E-state index contributed by atoms with van der Waals surface area (Å²) in [6, 6.07) is 3.94. The van der Waals surface area contributed by atoms with Crippen LogP contribution in [0.1, 0.15) is 33.1 Å². The third-order valence-electron chi connectivity index (χ3n) is 3.86. The van der Waals surface area contributed by atoms with E-state index in [1.165, 1.54) is 10.4 Å². The zero-order valence-corrected chi connectivity index (χ0v) is 16.2. The number of carbonyl (C=O) groups excluding carboxylic acids is 1. The smallest absolute Gasteiger partial charge is 0.246 e. The van der Waals surface area contributed by atoms with Crippen molar-refractivity contribution in [1.82, 2.24) is 4.31 Å². The second-order valence-electron chi connectivity index (χ2n) is 5.84. The first-order chi connectivity index (χ1) is 11.4. The Kier molecular flexibility index (Phi) is 8.14. The van der Waals surface area contributed by atoms with Gasteiger partial charge in [0.1, 0.15) is 10.6 Å². The molecule has 1 heterocycles. The van der Waals surface area contributed by atoms with Crippen molar-refractivity contribution in [3.63, 3.8) is 0 Å². The lowest BCUT2D eigenvalue weighted by Crippen LogP contribution is -2.36. The highest BCUT2D eigenvalue weighted by molar-refractivity contribution is 7.89. The molecule has 1 aliphatic rings. The average molecular weight is 392 g/mol. The molecule has 0 saturated carbocycles. The number of nitrogens with zero attached hydrogens (tertiary/aromatic N) is 1. The Morgan fingerprint density at radius 1 is 1.32 bits per heavy atom. The van der Waals surface area contributed by atoms with Gasteiger partial charge in [0.2, 0.25) is 15.9 Å². The van der Waals surface area contributed by atoms with Gasteiger partial charge in [-0.15, -0.1) is 12.4 Å². The minimum absolute atomic E-state index is 0. The van der Waals surface area contributed by atoms with Gasteiger partial charge in [0.15, 0.2) is 0 Å². The molecule has 1 amide bonds. The van der Waals surface area contributed by atoms with E-state index in [1.54, 1.807) is 26.0 Å². The Hall–Kier alpha value is -1.35. The van der Waals surface area contributed by atoms with E-state index in [4.69, 9.17) is 10.5 Å². The first kappa shape index (κ1) is 21.7. The number of anilines is 1. The Bertz CT molecular complexity index is 689. The molecule has 0 spiro atoms. The molecule has 0 bridgehead atoms. The Balaban J connectivity index is 0.00000312. The van der Waals surface area contributed by atoms with Gasteiger partial charge in [-0.2, -0.15) is 4.31 Å². The van der Waals surface area contributed by atoms with Crippen molar-refractivity contribution in [3.05, 3.63) is 18.2 Å². The predicted octanol–water partition coefficient (Wildman–Crippen LogP) is 1.97. The van der Waals surface area contributed by atoms with Crippen LogP contribution in [-0.4, -0.2) is 44.4 Å². The molecule has 1 atom stereocenters. The number of amides is 1. The highest BCUT2D eigenvalue weighted by Gasteiger charge is 2.29. The van der Waals surface area contributed by atoms with Crippen LogP contribution in [0.5, 0.6) is 5.75 Å². The molecule has 0 aliphatic carbocycles. The first-order valence-electron chi connectivity index (χ1n) is 8.19. The lowest BCUT2D eigenvalue weighted by atomic mass is 10.2. The maximum Gasteiger partial charge on any atom is 0.246 e. The third-order valence-corrected chi connectivity index (χ3v) is 5.78. The average Bonchev–Trinajstić information content (AvgIpc) is 2.57. The van der Waals surface area contributed by atoms with Gasteiger partial charge < -0.3 is 15.8 Å². The Morgan fingerprint density at radius 3 is 2.52 bits per heavy atom. The summed E-state index contributed by atoms with van der Waals surface area (Å²) >= 11 is 0. The van der Waals surface area contributed by atoms with Crippen LogP contribution in [0.15, 0.2) is 23.1 Å². The van der Waals surface area contributed by atoms with Gasteiger partial charge >= 0.3 is 0 Å². The summed E-state index contributed by atoms with van der Waals surface area (Å²) < 4.78 is 32.9. The number of benzene rings is 1. The molecule has 1 aromatic rings. The molecule has 1 aromatic carbocycles. The quantitative estimate of drug-likeness (QED) is 0.771. The van der Waals surface area contributed by atoms with Gasteiger partial charge in [0.25, 0.3) is 0 Å². The molecular weight excluding hydrogens is 366 g/mol. The van der Waals surface area contributed by atoms with E-state index < -0.39 is 16.1 Å². The molecule has 7 nitrogen and oxygen atoms in total. The molecule has 0 radical (unpaired) electrons. The van der Waals surface area contributed by atoms with Crippen molar-refractivity contribution in [3.8, 4) is 5.75 Å². The van der Waals surface area contributed by atoms with Crippen molar-refractivity contribution in [2.75, 3.05) is 25.0 Å². The van der Waals surface area contributed by atoms with Crippen LogP contribution in [0, 0.1) is 0 Å². The van der Waals surface area contributed by atoms with Crippen LogP contribution < -0.4 is 15.8 Å². The molecule has 1 aliphatic heterocycles. The van der Waals surface area contributed by atoms with E-state index in [2.05, 4.69) is 5.32 Å². The van der Waals surface area contributed by atoms with E-state index in [9.17, 15) is 13.2 Å². The monoisotopic (exact) mass is 391 g/mol. The van der Waals surface area contributed by atoms with Gasteiger partial charge in [0.05, 0.1) is 12.6 Å². The van der Waals surface area contributed by atoms with E-state index in [1.807, 2.05) is 0 Å². The van der Waals surface area contributed by atoms with Crippen molar-refractivity contribution in [2.24, 2.45) is 5.73 Å². The van der Waals surface area contributed by atoms with Crippen molar-refractivity contribution >= 4 is 34.0 Å². The molecule has 0 unspecified atom stereocenters. The fourth-order valence-electron chi connectivity index (χ4n) is 2.56. The van der Waals surface area contributed by atoms with Crippen LogP contribution in [0.25, 0.3) is 0 Å². The largest absolute Gasteiger partial charge is 0.492 e. The molecule has 1 fully saturated rings. The van der Waals surface area contributed by atoms with Crippen molar-refractivity contribution < 1.29 is 17.9 Å². The second kappa shape index (κ2) is 9.38. The lowest BCUT2D eigenvalue weighted by molar-refractivity contribution is -0.117. The van der Waals surface area contributed by atoms with Crippen molar-refractivity contribution in [2.45, 2.75) is 44.0 Å². The van der Waals surface area contributed by atoms with E-state index in [-0.39, 0.29) is 23.2 Å². The minimum atomic E-state index is -3.67. The van der Waals surface area contributed by atoms with Gasteiger partial charge in [-0.25, -0.2) is 8.42 Å². The Morgan fingerprint density at radius 2 is 1.96 bits per heavy atom. The highest BCUT2D eigenvalue weighted by atomic mass is 35.5. The first-order valence-corrected chi connectivity index (χ1v) is 9.63. The summed E-state index contributed by atoms with van der Waals surface area (Å²) in [6.07, 6.45) is 2.74. The number of nitrogens with two attached hydrogens (primary N) is 1. The molecule has 25 heavy (non-hydrogen) atoms. The number of halogens is 1. The molecule has 2 rings (SSSR count). The minimum Gasteiger partial charge on any atom is -0.492 e. The van der Waals surface area contributed by atoms with E-state index >= 15 is 0 Å². The van der Waals surface area contributed by atoms with Gasteiger partial charge in [-0.3, -0.25) is 4.79 Å². The molecular formula is C16H26ClN3O4S. The van der Waals surface area contributed by atoms with Crippen molar-refractivity contribution in [1.29, 1.82) is 0 Å². The highest BCUT2D eigenvalue weighted by Crippen LogP contribution is 2.31. The lowest BCUT2D eigenvalue weighted by Gasteiger charge is -2.27. The van der Waals surface area contributed by atoms with Gasteiger partial charge in [-0.05, 0) is 44.9 Å². The summed E-state index contributed by atoms with van der Waals surface area (Å²) in [6.45, 7) is 4.72. The van der Waals surface area contributed by atoms with Gasteiger partial charge in [0, 0.05) is 18.8 Å². The topological polar surface area (TPSA) is 102 Å². The molecule has 3 N–H and O–H groups in total. The Labute approximate surface area is 155 Å². The number of carbonyl (C=O) groups is 1. The van der Waals surface area contributed by atoms with Crippen LogP contribution in [0.2, 0.25) is 0 Å². The SMILES string of the molecule is CCOc1ccc(NC(=O)[C@H](C)N)cc1S(=O)(=O)N1CCCCC1.Cl. The maximum atomic E-state index is 13.0. The van der Waals surface area contributed by atoms with E-state index in [0.717, 1.165) is 19.3 Å². The van der Waals surface area contributed by atoms with Crippen LogP contribution in [-0.2, 0) is 14.8 Å². The van der Waals surface area contributed by atoms with Crippen LogP contribution in [0.4, 0.5) is 5.69 Å². The number of hydrogen-bond acceptors (Lipinski definition) is 5. The molecule has 9 heteroatoms. The number of nitrogens with one attached hydrogen (secondary N) is 1. The number of sulfonamides is 1. The number of ether oxygens (including phenoxy) is 1. The number of hydrogen-bond donors (Lipinski definition) is 2. The number of piperidine rings is 1. The maximum absolute atomic E-state index is 13.0. The predicted molar refractivity (Wildman–Crippen MR) is 99.7 cm³/mol. The molecule has 0 aromatic heterocycles.